The zero-order valence-corrected chi connectivity index (χ0v) is 15.2. The van der Waals surface area contributed by atoms with Gasteiger partial charge in [-0.15, -0.1) is 11.3 Å². The molecule has 2 rings (SSSR count). The lowest BCUT2D eigenvalue weighted by atomic mass is 10.0. The van der Waals surface area contributed by atoms with Gasteiger partial charge in [0.05, 0.1) is 9.77 Å². The van der Waals surface area contributed by atoms with Gasteiger partial charge in [-0.3, -0.25) is 4.79 Å². The van der Waals surface area contributed by atoms with Crippen molar-refractivity contribution in [3.05, 3.63) is 15.8 Å². The van der Waals surface area contributed by atoms with Gasteiger partial charge in [-0.2, -0.15) is 0 Å². The molecule has 7 heteroatoms. The number of hydrogen-bond acceptors (Lipinski definition) is 4. The summed E-state index contributed by atoms with van der Waals surface area (Å²) in [6.45, 7) is 11.0. The van der Waals surface area contributed by atoms with E-state index in [1.165, 1.54) is 6.07 Å². The molecule has 1 aliphatic carbocycles. The number of halogens is 1. The summed E-state index contributed by atoms with van der Waals surface area (Å²) in [6.07, 6.45) is 0. The molecule has 118 valence electrons. The van der Waals surface area contributed by atoms with Crippen LogP contribution in [-0.2, 0) is 9.05 Å². The second kappa shape index (κ2) is 4.96. The average molecular weight is 350 g/mol. The third-order valence-electron chi connectivity index (χ3n) is 5.15. The van der Waals surface area contributed by atoms with E-state index in [1.54, 1.807) is 6.92 Å². The summed E-state index contributed by atoms with van der Waals surface area (Å²) in [5, 5.41) is 2.90. The minimum atomic E-state index is -3.80. The Bertz CT molecular complexity index is 675. The summed E-state index contributed by atoms with van der Waals surface area (Å²) in [5.74, 6) is 0.180. The van der Waals surface area contributed by atoms with Gasteiger partial charge in [0, 0.05) is 22.1 Å². The summed E-state index contributed by atoms with van der Waals surface area (Å²) in [5.41, 5.74) is 0.409. The maximum Gasteiger partial charge on any atom is 0.262 e. The van der Waals surface area contributed by atoms with Crippen LogP contribution in [-0.4, -0.2) is 20.9 Å². The molecule has 0 spiro atoms. The third kappa shape index (κ3) is 2.85. The number of hydrogen-bond donors (Lipinski definition) is 1. The Morgan fingerprint density at radius 2 is 1.86 bits per heavy atom. The van der Waals surface area contributed by atoms with Crippen molar-refractivity contribution >= 4 is 37.0 Å². The van der Waals surface area contributed by atoms with Crippen molar-refractivity contribution in [2.45, 2.75) is 39.5 Å². The van der Waals surface area contributed by atoms with Gasteiger partial charge in [-0.25, -0.2) is 8.42 Å². The van der Waals surface area contributed by atoms with Crippen molar-refractivity contribution in [2.75, 3.05) is 6.54 Å². The standard InChI is InChI=1S/C14H20ClNO3S2/c1-8-10(21(15,18)19)6-9(20-8)12(17)16-7-11-13(2,3)14(11,4)5/h6,11H,7H2,1-5H3,(H,16,17). The quantitative estimate of drug-likeness (QED) is 0.847. The number of carbonyl (C=O) groups excluding carboxylic acids is 1. The molecule has 4 nitrogen and oxygen atoms in total. The Morgan fingerprint density at radius 3 is 2.24 bits per heavy atom. The molecule has 0 bridgehead atoms. The van der Waals surface area contributed by atoms with E-state index in [1.807, 2.05) is 0 Å². The van der Waals surface area contributed by atoms with Gasteiger partial charge in [0.1, 0.15) is 0 Å². The summed E-state index contributed by atoms with van der Waals surface area (Å²) >= 11 is 1.15. The lowest BCUT2D eigenvalue weighted by Gasteiger charge is -2.04. The van der Waals surface area contributed by atoms with Crippen LogP contribution < -0.4 is 5.32 Å². The minimum absolute atomic E-state index is 0.0198. The van der Waals surface area contributed by atoms with Crippen molar-refractivity contribution in [1.29, 1.82) is 0 Å². The molecule has 0 unspecified atom stereocenters. The number of nitrogens with one attached hydrogen (secondary N) is 1. The van der Waals surface area contributed by atoms with E-state index in [0.29, 0.717) is 22.2 Å². The van der Waals surface area contributed by atoms with E-state index in [2.05, 4.69) is 33.0 Å². The number of carbonyl (C=O) groups is 1. The van der Waals surface area contributed by atoms with Crippen LogP contribution in [0, 0.1) is 23.7 Å². The van der Waals surface area contributed by atoms with Crippen molar-refractivity contribution in [3.63, 3.8) is 0 Å². The van der Waals surface area contributed by atoms with Gasteiger partial charge in [0.2, 0.25) is 0 Å². The molecule has 1 heterocycles. The molecular weight excluding hydrogens is 330 g/mol. The van der Waals surface area contributed by atoms with E-state index in [-0.39, 0.29) is 21.6 Å². The number of amides is 1. The number of aryl methyl sites for hydroxylation is 1. The SMILES string of the molecule is Cc1sc(C(=O)NCC2C(C)(C)C2(C)C)cc1S(=O)(=O)Cl. The van der Waals surface area contributed by atoms with Crippen LogP contribution in [0.15, 0.2) is 11.0 Å². The van der Waals surface area contributed by atoms with Crippen LogP contribution in [0.1, 0.15) is 42.2 Å². The monoisotopic (exact) mass is 349 g/mol. The fourth-order valence-electron chi connectivity index (χ4n) is 2.94. The van der Waals surface area contributed by atoms with Crippen molar-refractivity contribution in [1.82, 2.24) is 5.32 Å². The second-order valence-electron chi connectivity index (χ2n) is 6.67. The Morgan fingerprint density at radius 1 is 1.33 bits per heavy atom. The molecular formula is C14H20ClNO3S2. The molecule has 0 radical (unpaired) electrons. The highest BCUT2D eigenvalue weighted by atomic mass is 35.7. The van der Waals surface area contributed by atoms with Crippen molar-refractivity contribution in [2.24, 2.45) is 16.7 Å². The molecule has 21 heavy (non-hydrogen) atoms. The van der Waals surface area contributed by atoms with Crippen molar-refractivity contribution in [3.8, 4) is 0 Å². The molecule has 1 saturated carbocycles. The molecule has 0 aliphatic heterocycles. The van der Waals surface area contributed by atoms with Gasteiger partial charge < -0.3 is 5.32 Å². The Balaban J connectivity index is 2.06. The topological polar surface area (TPSA) is 63.2 Å². The molecule has 1 amide bonds. The number of thiophene rings is 1. The normalized spacial score (nSPS) is 20.3. The van der Waals surface area contributed by atoms with Crippen LogP contribution in [0.2, 0.25) is 0 Å². The van der Waals surface area contributed by atoms with Crippen LogP contribution in [0.5, 0.6) is 0 Å². The predicted octanol–water partition coefficient (Wildman–Crippen LogP) is 3.40. The Hall–Kier alpha value is -0.590. The highest BCUT2D eigenvalue weighted by Gasteiger charge is 2.64. The lowest BCUT2D eigenvalue weighted by Crippen LogP contribution is -2.26. The summed E-state index contributed by atoms with van der Waals surface area (Å²) in [6, 6.07) is 1.35. The fraction of sp³-hybridized carbons (Fsp3) is 0.643. The summed E-state index contributed by atoms with van der Waals surface area (Å²) in [7, 11) is 1.54. The molecule has 1 N–H and O–H groups in total. The van der Waals surface area contributed by atoms with Gasteiger partial charge in [0.15, 0.2) is 0 Å². The van der Waals surface area contributed by atoms with E-state index in [0.717, 1.165) is 11.3 Å². The average Bonchev–Trinajstić information content (AvgIpc) is 2.63. The first-order valence-electron chi connectivity index (χ1n) is 6.72. The van der Waals surface area contributed by atoms with E-state index < -0.39 is 9.05 Å². The van der Waals surface area contributed by atoms with Gasteiger partial charge in [0.25, 0.3) is 15.0 Å². The second-order valence-corrected chi connectivity index (χ2v) is 10.5. The first-order chi connectivity index (χ1) is 9.39. The summed E-state index contributed by atoms with van der Waals surface area (Å²) < 4.78 is 22.8. The van der Waals surface area contributed by atoms with E-state index >= 15 is 0 Å². The molecule has 1 fully saturated rings. The minimum Gasteiger partial charge on any atom is -0.351 e. The zero-order chi connectivity index (χ0) is 16.2. The third-order valence-corrected chi connectivity index (χ3v) is 7.77. The highest BCUT2D eigenvalue weighted by molar-refractivity contribution is 8.13. The molecule has 1 aromatic rings. The van der Waals surface area contributed by atoms with Gasteiger partial charge in [-0.1, -0.05) is 27.7 Å². The van der Waals surface area contributed by atoms with Crippen LogP contribution >= 0.6 is 22.0 Å². The van der Waals surface area contributed by atoms with Gasteiger partial charge >= 0.3 is 0 Å². The summed E-state index contributed by atoms with van der Waals surface area (Å²) in [4.78, 5) is 13.1. The molecule has 1 aromatic heterocycles. The molecule has 0 aromatic carbocycles. The predicted molar refractivity (Wildman–Crippen MR) is 85.5 cm³/mol. The van der Waals surface area contributed by atoms with Crippen LogP contribution in [0.25, 0.3) is 0 Å². The first-order valence-corrected chi connectivity index (χ1v) is 9.85. The van der Waals surface area contributed by atoms with Gasteiger partial charge in [-0.05, 0) is 29.7 Å². The fourth-order valence-corrected chi connectivity index (χ4v) is 5.52. The van der Waals surface area contributed by atoms with Crippen LogP contribution in [0.3, 0.4) is 0 Å². The zero-order valence-electron chi connectivity index (χ0n) is 12.8. The van der Waals surface area contributed by atoms with Crippen LogP contribution in [0.4, 0.5) is 0 Å². The Kier molecular flexibility index (Phi) is 3.96. The first kappa shape index (κ1) is 16.8. The molecule has 0 saturated heterocycles. The maximum absolute atomic E-state index is 12.2. The smallest absolute Gasteiger partial charge is 0.262 e. The van der Waals surface area contributed by atoms with E-state index in [4.69, 9.17) is 10.7 Å². The largest absolute Gasteiger partial charge is 0.351 e. The van der Waals surface area contributed by atoms with E-state index in [9.17, 15) is 13.2 Å². The highest BCUT2D eigenvalue weighted by Crippen LogP contribution is 2.67. The maximum atomic E-state index is 12.2. The number of rotatable bonds is 4. The molecule has 1 aliphatic rings. The molecule has 0 atom stereocenters. The van der Waals surface area contributed by atoms with Crippen molar-refractivity contribution < 1.29 is 13.2 Å². The Labute approximate surface area is 134 Å². The lowest BCUT2D eigenvalue weighted by molar-refractivity contribution is 0.0954.